The van der Waals surface area contributed by atoms with Crippen LogP contribution in [0.5, 0.6) is 5.75 Å². The average molecular weight is 546 g/mol. The van der Waals surface area contributed by atoms with Crippen molar-refractivity contribution in [3.8, 4) is 5.75 Å². The topological polar surface area (TPSA) is 158 Å². The Morgan fingerprint density at radius 3 is 2.81 bits per heavy atom. The number of halogens is 2. The number of aliphatic hydroxyl groups excluding tert-OH is 1. The molecule has 36 heavy (non-hydrogen) atoms. The van der Waals surface area contributed by atoms with Crippen molar-refractivity contribution in [3.63, 3.8) is 0 Å². The van der Waals surface area contributed by atoms with Crippen LogP contribution in [0.2, 0.25) is 0 Å². The Morgan fingerprint density at radius 1 is 1.44 bits per heavy atom. The molecule has 1 aliphatic heterocycles. The molecule has 1 aromatic heterocycles. The van der Waals surface area contributed by atoms with Gasteiger partial charge in [-0.2, -0.15) is 5.09 Å². The van der Waals surface area contributed by atoms with Crippen molar-refractivity contribution in [2.45, 2.75) is 43.1 Å². The van der Waals surface area contributed by atoms with Gasteiger partial charge in [-0.3, -0.25) is 23.7 Å². The molecule has 0 amide bonds. The zero-order valence-electron chi connectivity index (χ0n) is 19.1. The van der Waals surface area contributed by atoms with E-state index in [0.29, 0.717) is 0 Å². The number of carbonyl (C=O) groups excluding carboxylic acids is 1. The molecular weight excluding hydrogens is 522 g/mol. The highest BCUT2D eigenvalue weighted by atomic mass is 35.5. The van der Waals surface area contributed by atoms with Crippen molar-refractivity contribution >= 4 is 33.2 Å². The summed E-state index contributed by atoms with van der Waals surface area (Å²) in [6.07, 6.45) is -3.39. The molecule has 2 aromatic rings. The summed E-state index contributed by atoms with van der Waals surface area (Å²) >= 11 is 6.26. The zero-order chi connectivity index (χ0) is 26.7. The minimum Gasteiger partial charge on any atom is -0.465 e. The number of nitrogens with zero attached hydrogens (tertiary/aromatic N) is 1. The maximum atomic E-state index is 13.6. The number of aromatic nitrogens is 2. The lowest BCUT2D eigenvalue weighted by Gasteiger charge is -2.27. The molecule has 1 aromatic carbocycles. The van der Waals surface area contributed by atoms with Gasteiger partial charge in [0.15, 0.2) is 6.23 Å². The van der Waals surface area contributed by atoms with Gasteiger partial charge in [-0.05, 0) is 26.0 Å². The largest absolute Gasteiger partial charge is 0.465 e. The molecule has 194 valence electrons. The number of carbonyl (C=O) groups is 1. The van der Waals surface area contributed by atoms with Gasteiger partial charge in [-0.25, -0.2) is 13.8 Å². The fourth-order valence-electron chi connectivity index (χ4n) is 3.28. The van der Waals surface area contributed by atoms with E-state index in [4.69, 9.17) is 38.0 Å². The lowest BCUT2D eigenvalue weighted by Crippen LogP contribution is -2.45. The quantitative estimate of drug-likeness (QED) is 0.169. The van der Waals surface area contributed by atoms with Gasteiger partial charge in [-0.1, -0.05) is 6.07 Å². The molecule has 2 radical (unpaired) electrons. The minimum absolute atomic E-state index is 0.0582. The zero-order valence-corrected chi connectivity index (χ0v) is 20.8. The normalized spacial score (nSPS) is 26.2. The van der Waals surface area contributed by atoms with Crippen LogP contribution in [0.3, 0.4) is 0 Å². The molecule has 3 N–H and O–H groups in total. The number of ether oxygens (including phenoxy) is 2. The first-order valence-corrected chi connectivity index (χ1v) is 12.6. The third kappa shape index (κ3) is 6.44. The van der Waals surface area contributed by atoms with Gasteiger partial charge in [0.2, 0.25) is 0 Å². The van der Waals surface area contributed by atoms with Gasteiger partial charge >= 0.3 is 19.4 Å². The second kappa shape index (κ2) is 11.3. The molecule has 6 atom stereocenters. The van der Waals surface area contributed by atoms with Gasteiger partial charge in [-0.15, -0.1) is 11.6 Å². The molecule has 2 heterocycles. The van der Waals surface area contributed by atoms with E-state index < -0.39 is 66.6 Å². The lowest BCUT2D eigenvalue weighted by molar-refractivity contribution is -0.144. The van der Waals surface area contributed by atoms with Gasteiger partial charge in [0.05, 0.1) is 24.1 Å². The Balaban J connectivity index is 1.82. The van der Waals surface area contributed by atoms with Crippen molar-refractivity contribution in [3.05, 3.63) is 63.2 Å². The van der Waals surface area contributed by atoms with Gasteiger partial charge in [0, 0.05) is 18.3 Å². The summed E-state index contributed by atoms with van der Waals surface area (Å²) in [7, 11) is 1.56. The predicted octanol–water partition coefficient (Wildman–Crippen LogP) is 0.782. The molecule has 1 saturated heterocycles. The summed E-state index contributed by atoms with van der Waals surface area (Å²) in [6, 6.07) is 4.53. The van der Waals surface area contributed by atoms with E-state index in [1.807, 2.05) is 4.98 Å². The van der Waals surface area contributed by atoms with Crippen molar-refractivity contribution in [1.82, 2.24) is 14.6 Å². The van der Waals surface area contributed by atoms with Gasteiger partial charge in [0.25, 0.3) is 5.56 Å². The van der Waals surface area contributed by atoms with Crippen LogP contribution in [-0.2, 0) is 23.4 Å². The van der Waals surface area contributed by atoms with Crippen molar-refractivity contribution in [1.29, 1.82) is 0 Å². The minimum atomic E-state index is -4.43. The Morgan fingerprint density at radius 2 is 2.17 bits per heavy atom. The summed E-state index contributed by atoms with van der Waals surface area (Å²) < 4.78 is 47.2. The predicted molar refractivity (Wildman–Crippen MR) is 125 cm³/mol. The highest BCUT2D eigenvalue weighted by Gasteiger charge is 2.53. The van der Waals surface area contributed by atoms with Crippen LogP contribution in [0, 0.1) is 5.82 Å². The van der Waals surface area contributed by atoms with Gasteiger partial charge < -0.3 is 19.1 Å². The first-order valence-electron chi connectivity index (χ1n) is 10.6. The number of H-pyrrole nitrogens is 1. The van der Waals surface area contributed by atoms with E-state index in [2.05, 4.69) is 5.09 Å². The van der Waals surface area contributed by atoms with Crippen LogP contribution < -0.4 is 20.9 Å². The molecule has 1 aliphatic rings. The van der Waals surface area contributed by atoms with Crippen LogP contribution >= 0.6 is 19.3 Å². The Labute approximate surface area is 210 Å². The van der Waals surface area contributed by atoms with Crippen molar-refractivity contribution < 1.29 is 37.4 Å². The number of alkyl halides is 1. The van der Waals surface area contributed by atoms with Crippen LogP contribution in [0.4, 0.5) is 4.39 Å². The summed E-state index contributed by atoms with van der Waals surface area (Å²) in [5.41, 5.74) is -1.58. The molecule has 3 rings (SSSR count). The van der Waals surface area contributed by atoms with E-state index in [-0.39, 0.29) is 12.4 Å². The van der Waals surface area contributed by atoms with Crippen molar-refractivity contribution in [2.75, 3.05) is 13.2 Å². The van der Waals surface area contributed by atoms with E-state index in [9.17, 15) is 28.4 Å². The monoisotopic (exact) mass is 545 g/mol. The molecule has 16 heteroatoms. The molecule has 0 unspecified atom stereocenters. The smallest absolute Gasteiger partial charge is 0.459 e. The molecule has 0 spiro atoms. The fourth-order valence-corrected chi connectivity index (χ4v) is 5.07. The Bertz CT molecular complexity index is 1260. The lowest BCUT2D eigenvalue weighted by atomic mass is 9.79. The second-order valence-corrected chi connectivity index (χ2v) is 10.1. The van der Waals surface area contributed by atoms with Crippen LogP contribution in [0.25, 0.3) is 0 Å². The van der Waals surface area contributed by atoms with Crippen LogP contribution in [0.15, 0.2) is 46.1 Å². The molecule has 1 fully saturated rings. The number of hydrogen-bond acceptors (Lipinski definition) is 9. The maximum absolute atomic E-state index is 13.6. The van der Waals surface area contributed by atoms with Crippen LogP contribution in [0.1, 0.15) is 20.1 Å². The summed E-state index contributed by atoms with van der Waals surface area (Å²) in [5, 5.41) is 13.0. The van der Waals surface area contributed by atoms with Crippen molar-refractivity contribution in [2.24, 2.45) is 0 Å². The Kier molecular flexibility index (Phi) is 8.81. The van der Waals surface area contributed by atoms with E-state index in [1.165, 1.54) is 19.1 Å². The number of aliphatic hydroxyl groups is 1. The molecule has 0 aliphatic carbocycles. The average Bonchev–Trinajstić information content (AvgIpc) is 3.01. The highest BCUT2D eigenvalue weighted by Crippen LogP contribution is 2.47. The number of rotatable bonds is 10. The van der Waals surface area contributed by atoms with E-state index >= 15 is 0 Å². The SMILES string of the molecule is [B][C@]1(Cl)[C@H](O)[C@@H](CO[P@@](=O)(N[C@@H](C)C(=O)OCC)Oc2cccc(F)c2)O[C@H]1n1ccc(=O)[nH]c1=O. The number of benzene rings is 1. The first-order chi connectivity index (χ1) is 16.9. The van der Waals surface area contributed by atoms with Gasteiger partial charge in [0.1, 0.15) is 31.6 Å². The number of hydrogen-bond donors (Lipinski definition) is 3. The highest BCUT2D eigenvalue weighted by molar-refractivity contribution is 7.52. The Hall–Kier alpha value is -2.48. The number of nitrogens with one attached hydrogen (secondary N) is 2. The second-order valence-electron chi connectivity index (χ2n) is 7.76. The number of esters is 1. The summed E-state index contributed by atoms with van der Waals surface area (Å²) in [6.45, 7) is 2.32. The maximum Gasteiger partial charge on any atom is 0.459 e. The number of aromatic amines is 1. The standard InChI is InChI=1S/C20H23BClFN3O9P/c1-3-32-17(29)11(2)25-36(31,35-13-6-4-5-12(23)9-13)33-10-14-16(28)20(21,22)18(34-14)26-8-7-15(27)24-19(26)30/h4-9,11,14,16,18,28H,3,10H2,1-2H3,(H,25,31)(H,24,27,30)/t11-,14+,16+,18+,20-,36-/m0/s1. The van der Waals surface area contributed by atoms with E-state index in [1.54, 1.807) is 6.92 Å². The first kappa shape index (κ1) is 28.1. The van der Waals surface area contributed by atoms with E-state index in [0.717, 1.165) is 29.0 Å². The molecule has 12 nitrogen and oxygen atoms in total. The fraction of sp³-hybridized carbons (Fsp3) is 0.450. The summed E-state index contributed by atoms with van der Waals surface area (Å²) in [5.74, 6) is -1.63. The third-order valence-electron chi connectivity index (χ3n) is 5.01. The molecular formula is C20H23BClFN3O9P. The summed E-state index contributed by atoms with van der Waals surface area (Å²) in [4.78, 5) is 37.6. The third-order valence-corrected chi connectivity index (χ3v) is 7.07. The van der Waals surface area contributed by atoms with Crippen LogP contribution in [-0.4, -0.2) is 64.7 Å². The molecule has 0 bridgehead atoms. The molecule has 0 saturated carbocycles.